The van der Waals surface area contributed by atoms with E-state index < -0.39 is 17.2 Å². The summed E-state index contributed by atoms with van der Waals surface area (Å²) in [4.78, 5) is 28.9. The number of fused-ring (bicyclic) bond motifs is 1. The van der Waals surface area contributed by atoms with Gasteiger partial charge in [0.2, 0.25) is 5.91 Å². The van der Waals surface area contributed by atoms with Crippen molar-refractivity contribution >= 4 is 39.6 Å². The number of nitrogens with one attached hydrogen (secondary N) is 2. The predicted octanol–water partition coefficient (Wildman–Crippen LogP) is 4.51. The number of benzene rings is 1. The molecule has 2 N–H and O–H groups in total. The number of carbonyl (C=O) groups excluding carboxylic acids is 2. The molecular formula is C21H29N3O3S. The third kappa shape index (κ3) is 6.34. The van der Waals surface area contributed by atoms with E-state index in [9.17, 15) is 9.59 Å². The summed E-state index contributed by atoms with van der Waals surface area (Å²) in [5.41, 5.74) is -0.175. The minimum absolute atomic E-state index is 0.214. The highest BCUT2D eigenvalue weighted by molar-refractivity contribution is 7.19. The van der Waals surface area contributed by atoms with Crippen LogP contribution in [-0.2, 0) is 9.53 Å². The van der Waals surface area contributed by atoms with Crippen LogP contribution in [0.1, 0.15) is 52.5 Å². The molecule has 0 saturated carbocycles. The van der Waals surface area contributed by atoms with Gasteiger partial charge in [-0.2, -0.15) is 0 Å². The van der Waals surface area contributed by atoms with Crippen LogP contribution in [-0.4, -0.2) is 34.7 Å². The SMILES string of the molecule is CCC(CC)(CNC(=O)OC(C)(C)C)NC(=O)/C=C/c1nc2ccccc2s1. The molecule has 2 amide bonds. The lowest BCUT2D eigenvalue weighted by molar-refractivity contribution is -0.118. The molecule has 2 rings (SSSR count). The number of aromatic nitrogens is 1. The lowest BCUT2D eigenvalue weighted by Crippen LogP contribution is -2.55. The van der Waals surface area contributed by atoms with Crippen LogP contribution in [0.15, 0.2) is 30.3 Å². The van der Waals surface area contributed by atoms with Crippen molar-refractivity contribution in [2.24, 2.45) is 0 Å². The maximum absolute atomic E-state index is 12.5. The quantitative estimate of drug-likeness (QED) is 0.667. The van der Waals surface area contributed by atoms with E-state index in [1.54, 1.807) is 6.08 Å². The molecule has 1 aromatic heterocycles. The summed E-state index contributed by atoms with van der Waals surface area (Å²) in [5, 5.41) is 6.58. The van der Waals surface area contributed by atoms with E-state index in [0.29, 0.717) is 19.4 Å². The van der Waals surface area contributed by atoms with Crippen molar-refractivity contribution < 1.29 is 14.3 Å². The van der Waals surface area contributed by atoms with Gasteiger partial charge in [0.25, 0.3) is 0 Å². The van der Waals surface area contributed by atoms with E-state index in [4.69, 9.17) is 4.74 Å². The van der Waals surface area contributed by atoms with Gasteiger partial charge in [-0.05, 0) is 51.8 Å². The Morgan fingerprint density at radius 3 is 2.46 bits per heavy atom. The van der Waals surface area contributed by atoms with Crippen LogP contribution in [0.25, 0.3) is 16.3 Å². The van der Waals surface area contributed by atoms with Crippen molar-refractivity contribution in [2.75, 3.05) is 6.54 Å². The second-order valence-electron chi connectivity index (χ2n) is 7.69. The van der Waals surface area contributed by atoms with Crippen molar-refractivity contribution in [2.45, 2.75) is 58.6 Å². The molecule has 0 bridgehead atoms. The first kappa shape index (κ1) is 21.9. The first-order valence-corrected chi connectivity index (χ1v) is 10.3. The summed E-state index contributed by atoms with van der Waals surface area (Å²) in [7, 11) is 0. The van der Waals surface area contributed by atoms with Crippen molar-refractivity contribution in [3.05, 3.63) is 35.3 Å². The predicted molar refractivity (Wildman–Crippen MR) is 114 cm³/mol. The summed E-state index contributed by atoms with van der Waals surface area (Å²) in [6.07, 6.45) is 4.08. The zero-order valence-corrected chi connectivity index (χ0v) is 18.0. The molecule has 0 aliphatic carbocycles. The highest BCUT2D eigenvalue weighted by Gasteiger charge is 2.29. The molecule has 6 nitrogen and oxygen atoms in total. The van der Waals surface area contributed by atoms with Crippen LogP contribution in [0.4, 0.5) is 4.79 Å². The standard InChI is InChI=1S/C21H29N3O3S/c1-6-21(7-2,14-22-19(26)27-20(3,4)5)24-17(25)12-13-18-23-15-10-8-9-11-16(15)28-18/h8-13H,6-7,14H2,1-5H3,(H,22,26)(H,24,25)/b13-12+. The minimum Gasteiger partial charge on any atom is -0.444 e. The van der Waals surface area contributed by atoms with Gasteiger partial charge < -0.3 is 15.4 Å². The van der Waals surface area contributed by atoms with Gasteiger partial charge in [-0.25, -0.2) is 9.78 Å². The van der Waals surface area contributed by atoms with Gasteiger partial charge in [-0.3, -0.25) is 4.79 Å². The molecule has 2 aromatic rings. The Morgan fingerprint density at radius 2 is 1.86 bits per heavy atom. The van der Waals surface area contributed by atoms with Gasteiger partial charge >= 0.3 is 6.09 Å². The molecule has 0 aliphatic rings. The van der Waals surface area contributed by atoms with Gasteiger partial charge in [0.15, 0.2) is 0 Å². The van der Waals surface area contributed by atoms with Crippen LogP contribution >= 0.6 is 11.3 Å². The maximum Gasteiger partial charge on any atom is 0.407 e. The van der Waals surface area contributed by atoms with Crippen molar-refractivity contribution in [3.63, 3.8) is 0 Å². The number of carbonyl (C=O) groups is 2. The van der Waals surface area contributed by atoms with Crippen LogP contribution in [0.5, 0.6) is 0 Å². The van der Waals surface area contributed by atoms with Crippen LogP contribution < -0.4 is 10.6 Å². The van der Waals surface area contributed by atoms with E-state index in [1.165, 1.54) is 17.4 Å². The van der Waals surface area contributed by atoms with Gasteiger partial charge in [0.05, 0.1) is 15.8 Å². The number of amides is 2. The van der Waals surface area contributed by atoms with E-state index in [1.807, 2.05) is 58.9 Å². The Morgan fingerprint density at radius 1 is 1.18 bits per heavy atom. The van der Waals surface area contributed by atoms with Gasteiger partial charge in [0, 0.05) is 12.6 Å². The first-order valence-electron chi connectivity index (χ1n) is 9.49. The van der Waals surface area contributed by atoms with E-state index in [-0.39, 0.29) is 5.91 Å². The molecule has 0 unspecified atom stereocenters. The molecule has 0 radical (unpaired) electrons. The van der Waals surface area contributed by atoms with E-state index in [0.717, 1.165) is 15.2 Å². The number of para-hydroxylation sites is 1. The largest absolute Gasteiger partial charge is 0.444 e. The Balaban J connectivity index is 1.99. The van der Waals surface area contributed by atoms with E-state index in [2.05, 4.69) is 15.6 Å². The average molecular weight is 404 g/mol. The topological polar surface area (TPSA) is 80.3 Å². The Bertz CT molecular complexity index is 815. The summed E-state index contributed by atoms with van der Waals surface area (Å²) >= 11 is 1.54. The van der Waals surface area contributed by atoms with Crippen molar-refractivity contribution in [3.8, 4) is 0 Å². The zero-order valence-electron chi connectivity index (χ0n) is 17.2. The third-order valence-corrected chi connectivity index (χ3v) is 5.40. The molecule has 0 aliphatic heterocycles. The van der Waals surface area contributed by atoms with E-state index >= 15 is 0 Å². The third-order valence-electron chi connectivity index (χ3n) is 4.40. The fraction of sp³-hybridized carbons (Fsp3) is 0.476. The summed E-state index contributed by atoms with van der Waals surface area (Å²) < 4.78 is 6.36. The number of ether oxygens (including phenoxy) is 1. The Hall–Kier alpha value is -2.41. The highest BCUT2D eigenvalue weighted by atomic mass is 32.1. The highest BCUT2D eigenvalue weighted by Crippen LogP contribution is 2.22. The number of alkyl carbamates (subject to hydrolysis) is 1. The van der Waals surface area contributed by atoms with Gasteiger partial charge in [0.1, 0.15) is 10.6 Å². The molecule has 1 heterocycles. The molecule has 152 valence electrons. The fourth-order valence-electron chi connectivity index (χ4n) is 2.69. The fourth-order valence-corrected chi connectivity index (χ4v) is 3.56. The summed E-state index contributed by atoms with van der Waals surface area (Å²) in [5.74, 6) is -0.214. The first-order chi connectivity index (χ1) is 13.2. The minimum atomic E-state index is -0.561. The molecule has 0 fully saturated rings. The normalized spacial score (nSPS) is 12.3. The molecule has 0 atom stereocenters. The Kier molecular flexibility index (Phi) is 7.18. The lowest BCUT2D eigenvalue weighted by Gasteiger charge is -2.33. The second kappa shape index (κ2) is 9.19. The molecule has 0 spiro atoms. The van der Waals surface area contributed by atoms with Crippen LogP contribution in [0.3, 0.4) is 0 Å². The van der Waals surface area contributed by atoms with Crippen LogP contribution in [0, 0.1) is 0 Å². The number of thiazole rings is 1. The Labute approximate surface area is 170 Å². The molecule has 28 heavy (non-hydrogen) atoms. The smallest absolute Gasteiger partial charge is 0.407 e. The molecule has 1 aromatic carbocycles. The maximum atomic E-state index is 12.5. The number of hydrogen-bond acceptors (Lipinski definition) is 5. The van der Waals surface area contributed by atoms with Crippen LogP contribution in [0.2, 0.25) is 0 Å². The van der Waals surface area contributed by atoms with Crippen molar-refractivity contribution in [1.29, 1.82) is 0 Å². The summed E-state index contributed by atoms with van der Waals surface area (Å²) in [6, 6.07) is 7.86. The molecule has 0 saturated heterocycles. The average Bonchev–Trinajstić information content (AvgIpc) is 3.05. The van der Waals surface area contributed by atoms with Gasteiger partial charge in [-0.15, -0.1) is 11.3 Å². The molecular weight excluding hydrogens is 374 g/mol. The number of hydrogen-bond donors (Lipinski definition) is 2. The zero-order chi connectivity index (χ0) is 20.8. The second-order valence-corrected chi connectivity index (χ2v) is 8.75. The summed E-state index contributed by atoms with van der Waals surface area (Å²) in [6.45, 7) is 9.71. The monoisotopic (exact) mass is 403 g/mol. The number of nitrogens with zero attached hydrogens (tertiary/aromatic N) is 1. The lowest BCUT2D eigenvalue weighted by atomic mass is 9.92. The number of rotatable bonds is 7. The molecule has 7 heteroatoms. The van der Waals surface area contributed by atoms with Crippen molar-refractivity contribution in [1.82, 2.24) is 15.6 Å². The van der Waals surface area contributed by atoms with Gasteiger partial charge in [-0.1, -0.05) is 26.0 Å².